The van der Waals surface area contributed by atoms with Gasteiger partial charge in [0.15, 0.2) is 0 Å². The minimum atomic E-state index is -3.84. The molecular weight excluding hydrogens is 454 g/mol. The molecular formula is C25H35N3O5S. The third-order valence-electron chi connectivity index (χ3n) is 5.14. The minimum absolute atomic E-state index is 0.154. The molecule has 0 aliphatic carbocycles. The van der Waals surface area contributed by atoms with Gasteiger partial charge in [-0.15, -0.1) is 0 Å². The lowest BCUT2D eigenvalue weighted by molar-refractivity contribution is -0.140. The number of aryl methyl sites for hydroxylation is 1. The zero-order valence-corrected chi connectivity index (χ0v) is 21.8. The molecule has 186 valence electrons. The van der Waals surface area contributed by atoms with Crippen LogP contribution in [0.4, 0.5) is 5.69 Å². The van der Waals surface area contributed by atoms with Gasteiger partial charge in [0.2, 0.25) is 21.8 Å². The first-order valence-corrected chi connectivity index (χ1v) is 12.9. The van der Waals surface area contributed by atoms with E-state index in [1.807, 2.05) is 58.0 Å². The van der Waals surface area contributed by atoms with E-state index >= 15 is 0 Å². The van der Waals surface area contributed by atoms with Crippen molar-refractivity contribution in [3.63, 3.8) is 0 Å². The summed E-state index contributed by atoms with van der Waals surface area (Å²) in [4.78, 5) is 27.9. The molecule has 0 bridgehead atoms. The number of hydrogen-bond donors (Lipinski definition) is 1. The Morgan fingerprint density at radius 2 is 1.71 bits per heavy atom. The lowest BCUT2D eigenvalue weighted by atomic mass is 10.1. The van der Waals surface area contributed by atoms with Crippen molar-refractivity contribution in [1.29, 1.82) is 0 Å². The van der Waals surface area contributed by atoms with Crippen molar-refractivity contribution < 1.29 is 22.7 Å². The monoisotopic (exact) mass is 489 g/mol. The van der Waals surface area contributed by atoms with E-state index in [2.05, 4.69) is 5.32 Å². The molecule has 0 aliphatic rings. The maximum atomic E-state index is 13.6. The van der Waals surface area contributed by atoms with E-state index in [0.29, 0.717) is 5.75 Å². The zero-order chi connectivity index (χ0) is 25.7. The summed E-state index contributed by atoms with van der Waals surface area (Å²) < 4.78 is 31.9. The van der Waals surface area contributed by atoms with E-state index in [9.17, 15) is 18.0 Å². The van der Waals surface area contributed by atoms with Crippen LogP contribution < -0.4 is 14.4 Å². The molecule has 8 nitrogen and oxygen atoms in total. The summed E-state index contributed by atoms with van der Waals surface area (Å²) in [6.07, 6.45) is 1.04. The number of amides is 2. The van der Waals surface area contributed by atoms with Crippen molar-refractivity contribution in [2.75, 3.05) is 24.2 Å². The van der Waals surface area contributed by atoms with Crippen molar-refractivity contribution in [1.82, 2.24) is 10.2 Å². The van der Waals surface area contributed by atoms with Crippen molar-refractivity contribution in [3.05, 3.63) is 59.7 Å². The van der Waals surface area contributed by atoms with Gasteiger partial charge in [0, 0.05) is 12.1 Å². The van der Waals surface area contributed by atoms with Gasteiger partial charge in [0.25, 0.3) is 0 Å². The second-order valence-electron chi connectivity index (χ2n) is 9.37. The number of carbonyl (C=O) groups is 2. The molecule has 1 atom stereocenters. The first kappa shape index (κ1) is 27.2. The quantitative estimate of drug-likeness (QED) is 0.584. The SMILES string of the molecule is COc1ccc(C)cc1N(CC(=O)N(Cc1ccccc1)C(C)C(=O)NC(C)(C)C)S(C)(=O)=O. The minimum Gasteiger partial charge on any atom is -0.495 e. The van der Waals surface area contributed by atoms with Crippen LogP contribution in [0.15, 0.2) is 48.5 Å². The van der Waals surface area contributed by atoms with Gasteiger partial charge in [-0.05, 0) is 57.9 Å². The molecule has 2 amide bonds. The highest BCUT2D eigenvalue weighted by atomic mass is 32.2. The molecule has 0 saturated heterocycles. The molecule has 0 radical (unpaired) electrons. The van der Waals surface area contributed by atoms with Gasteiger partial charge in [0.1, 0.15) is 18.3 Å². The Hall–Kier alpha value is -3.07. The van der Waals surface area contributed by atoms with Gasteiger partial charge in [0.05, 0.1) is 19.1 Å². The molecule has 0 spiro atoms. The van der Waals surface area contributed by atoms with Gasteiger partial charge in [-0.3, -0.25) is 13.9 Å². The molecule has 2 rings (SSSR count). The van der Waals surface area contributed by atoms with Gasteiger partial charge in [-0.2, -0.15) is 0 Å². The summed E-state index contributed by atoms with van der Waals surface area (Å²) in [5.41, 5.74) is 1.42. The molecule has 0 fully saturated rings. The third-order valence-corrected chi connectivity index (χ3v) is 6.27. The highest BCUT2D eigenvalue weighted by molar-refractivity contribution is 7.92. The zero-order valence-electron chi connectivity index (χ0n) is 21.0. The lowest BCUT2D eigenvalue weighted by Crippen LogP contribution is -2.54. The van der Waals surface area contributed by atoms with Gasteiger partial charge < -0.3 is 15.0 Å². The van der Waals surface area contributed by atoms with Crippen LogP contribution in [0.5, 0.6) is 5.75 Å². The van der Waals surface area contributed by atoms with E-state index in [1.54, 1.807) is 25.1 Å². The largest absolute Gasteiger partial charge is 0.495 e. The van der Waals surface area contributed by atoms with Crippen LogP contribution in [0.25, 0.3) is 0 Å². The number of anilines is 1. The second-order valence-corrected chi connectivity index (χ2v) is 11.3. The Kier molecular flexibility index (Phi) is 8.72. The first-order valence-electron chi connectivity index (χ1n) is 11.0. The Balaban J connectivity index is 2.45. The van der Waals surface area contributed by atoms with Gasteiger partial charge in [-0.1, -0.05) is 36.4 Å². The number of nitrogens with one attached hydrogen (secondary N) is 1. The fraction of sp³-hybridized carbons (Fsp3) is 0.440. The van der Waals surface area contributed by atoms with Crippen LogP contribution in [0.1, 0.15) is 38.8 Å². The maximum absolute atomic E-state index is 13.6. The van der Waals surface area contributed by atoms with Crippen molar-refractivity contribution in [2.24, 2.45) is 0 Å². The average Bonchev–Trinajstić information content (AvgIpc) is 2.74. The van der Waals surface area contributed by atoms with Crippen molar-refractivity contribution >= 4 is 27.5 Å². The topological polar surface area (TPSA) is 96.0 Å². The fourth-order valence-corrected chi connectivity index (χ4v) is 4.27. The molecule has 0 aliphatic heterocycles. The summed E-state index contributed by atoms with van der Waals surface area (Å²) in [7, 11) is -2.40. The molecule has 34 heavy (non-hydrogen) atoms. The standard InChI is InChI=1S/C25H35N3O5S/c1-18-13-14-22(33-6)21(15-18)28(34(7,31)32)17-23(29)27(16-20-11-9-8-10-12-20)19(2)24(30)26-25(3,4)5/h8-15,19H,16-17H2,1-7H3,(H,26,30). The van der Waals surface area contributed by atoms with Crippen LogP contribution in [0, 0.1) is 6.92 Å². The molecule has 0 aromatic heterocycles. The summed E-state index contributed by atoms with van der Waals surface area (Å²) >= 11 is 0. The highest BCUT2D eigenvalue weighted by Gasteiger charge is 2.32. The van der Waals surface area contributed by atoms with Crippen LogP contribution >= 0.6 is 0 Å². The molecule has 2 aromatic carbocycles. The normalized spacial score (nSPS) is 12.6. The predicted octanol–water partition coefficient (Wildman–Crippen LogP) is 3.10. The molecule has 2 aromatic rings. The predicted molar refractivity (Wildman–Crippen MR) is 134 cm³/mol. The number of ether oxygens (including phenoxy) is 1. The summed E-state index contributed by atoms with van der Waals surface area (Å²) in [6, 6.07) is 13.5. The van der Waals surface area contributed by atoms with E-state index in [4.69, 9.17) is 4.74 Å². The van der Waals surface area contributed by atoms with Crippen molar-refractivity contribution in [3.8, 4) is 5.75 Å². The highest BCUT2D eigenvalue weighted by Crippen LogP contribution is 2.31. The summed E-state index contributed by atoms with van der Waals surface area (Å²) in [5.74, 6) is -0.498. The Labute approximate surface area is 202 Å². The van der Waals surface area contributed by atoms with Crippen LogP contribution in [0.3, 0.4) is 0 Å². The van der Waals surface area contributed by atoms with Gasteiger partial charge >= 0.3 is 0 Å². The number of benzene rings is 2. The fourth-order valence-electron chi connectivity index (χ4n) is 3.43. The van der Waals surface area contributed by atoms with Crippen LogP contribution in [-0.2, 0) is 26.2 Å². The van der Waals surface area contributed by atoms with Crippen LogP contribution in [-0.4, -0.2) is 56.6 Å². The van der Waals surface area contributed by atoms with E-state index < -0.39 is 34.1 Å². The molecule has 0 heterocycles. The van der Waals surface area contributed by atoms with Crippen molar-refractivity contribution in [2.45, 2.75) is 52.7 Å². The first-order chi connectivity index (χ1) is 15.7. The third kappa shape index (κ3) is 7.48. The molecule has 1 N–H and O–H groups in total. The molecule has 9 heteroatoms. The number of carbonyl (C=O) groups excluding carboxylic acids is 2. The number of methoxy groups -OCH3 is 1. The Morgan fingerprint density at radius 3 is 2.24 bits per heavy atom. The summed E-state index contributed by atoms with van der Waals surface area (Å²) in [5, 5.41) is 2.90. The van der Waals surface area contributed by atoms with E-state index in [0.717, 1.165) is 21.7 Å². The smallest absolute Gasteiger partial charge is 0.244 e. The van der Waals surface area contributed by atoms with Gasteiger partial charge in [-0.25, -0.2) is 8.42 Å². The number of hydrogen-bond acceptors (Lipinski definition) is 5. The molecule has 1 unspecified atom stereocenters. The molecule has 0 saturated carbocycles. The van der Waals surface area contributed by atoms with E-state index in [-0.39, 0.29) is 18.1 Å². The maximum Gasteiger partial charge on any atom is 0.244 e. The number of nitrogens with zero attached hydrogens (tertiary/aromatic N) is 2. The van der Waals surface area contributed by atoms with Crippen LogP contribution in [0.2, 0.25) is 0 Å². The number of rotatable bonds is 9. The Morgan fingerprint density at radius 1 is 1.09 bits per heavy atom. The summed E-state index contributed by atoms with van der Waals surface area (Å²) in [6.45, 7) is 8.72. The average molecular weight is 490 g/mol. The van der Waals surface area contributed by atoms with E-state index in [1.165, 1.54) is 12.0 Å². The Bertz CT molecular complexity index is 1110. The lowest BCUT2D eigenvalue weighted by Gasteiger charge is -2.33. The second kappa shape index (κ2) is 10.9. The number of sulfonamides is 1.